The molecule has 5 aromatic rings. The quantitative estimate of drug-likeness (QED) is 0.156. The number of aromatic nitrogens is 1. The lowest BCUT2D eigenvalue weighted by Gasteiger charge is -2.40. The summed E-state index contributed by atoms with van der Waals surface area (Å²) in [5.41, 5.74) is 14.8. The maximum absolute atomic E-state index is 4.32. The Morgan fingerprint density at radius 2 is 0.625 bits per heavy atom. The molecule has 4 aromatic carbocycles. The fraction of sp³-hybridized carbons (Fsp3) is 0.720. The number of fused-ring (bicyclic) bond motifs is 16. The van der Waals surface area contributed by atoms with Crippen LogP contribution in [0.5, 0.6) is 0 Å². The highest BCUT2D eigenvalue weighted by Crippen LogP contribution is 2.47. The lowest BCUT2D eigenvalue weighted by atomic mass is 9.65. The molecule has 1 saturated heterocycles. The molecule has 0 spiro atoms. The zero-order valence-electron chi connectivity index (χ0n) is 82.0. The van der Waals surface area contributed by atoms with Gasteiger partial charge in [-0.05, 0) is 288 Å². The third-order valence-electron chi connectivity index (χ3n) is 29.5. The Balaban J connectivity index is 0.000000231. The first-order valence-corrected chi connectivity index (χ1v) is 53.8. The van der Waals surface area contributed by atoms with Gasteiger partial charge in [0, 0.05) is 23.9 Å². The lowest BCUT2D eigenvalue weighted by Crippen LogP contribution is -2.42. The molecule has 19 aliphatic rings. The van der Waals surface area contributed by atoms with Crippen molar-refractivity contribution in [2.24, 2.45) is 65.1 Å². The van der Waals surface area contributed by atoms with Crippen molar-refractivity contribution in [3.05, 3.63) is 184 Å². The zero-order chi connectivity index (χ0) is 86.3. The van der Waals surface area contributed by atoms with Crippen LogP contribution in [0.2, 0.25) is 0 Å². The van der Waals surface area contributed by atoms with Crippen LogP contribution >= 0.6 is 0 Å². The van der Waals surface area contributed by atoms with Gasteiger partial charge < -0.3 is 5.32 Å². The van der Waals surface area contributed by atoms with E-state index in [0.29, 0.717) is 5.92 Å². The molecule has 2 heterocycles. The molecule has 678 valence electrons. The van der Waals surface area contributed by atoms with Crippen molar-refractivity contribution >= 4 is 0 Å². The summed E-state index contributed by atoms with van der Waals surface area (Å²) in [5.74, 6) is 12.9. The molecule has 1 aliphatic heterocycles. The molecular formula is C118H196N2. The number of aryl methyl sites for hydroxylation is 6. The van der Waals surface area contributed by atoms with Crippen LogP contribution in [0.25, 0.3) is 11.1 Å². The minimum Gasteiger partial charge on any atom is -0.314 e. The van der Waals surface area contributed by atoms with Crippen molar-refractivity contribution < 1.29 is 0 Å². The summed E-state index contributed by atoms with van der Waals surface area (Å²) in [5, 5.41) is 3.62. The Bertz CT molecular complexity index is 2940. The van der Waals surface area contributed by atoms with E-state index in [-0.39, 0.29) is 0 Å². The monoisotopic (exact) mass is 1640 g/mol. The average molecular weight is 1640 g/mol. The van der Waals surface area contributed by atoms with Crippen molar-refractivity contribution in [1.29, 1.82) is 0 Å². The number of pyridine rings is 1. The van der Waals surface area contributed by atoms with E-state index in [4.69, 9.17) is 0 Å². The van der Waals surface area contributed by atoms with Crippen molar-refractivity contribution in [1.82, 2.24) is 10.3 Å². The van der Waals surface area contributed by atoms with Crippen LogP contribution in [-0.4, -0.2) is 17.6 Å². The van der Waals surface area contributed by atoms with E-state index in [2.05, 4.69) is 145 Å². The van der Waals surface area contributed by atoms with E-state index < -0.39 is 0 Å². The van der Waals surface area contributed by atoms with Gasteiger partial charge in [0.15, 0.2) is 0 Å². The van der Waals surface area contributed by atoms with Crippen molar-refractivity contribution in [3.8, 4) is 11.1 Å². The van der Waals surface area contributed by atoms with Crippen LogP contribution in [0.1, 0.15) is 475 Å². The lowest BCUT2D eigenvalue weighted by molar-refractivity contribution is 0.116. The Hall–Kier alpha value is -4.53. The van der Waals surface area contributed by atoms with Crippen molar-refractivity contribution in [2.45, 2.75) is 475 Å². The highest BCUT2D eigenvalue weighted by molar-refractivity contribution is 5.78. The molecule has 120 heavy (non-hydrogen) atoms. The molecule has 18 aliphatic carbocycles. The fourth-order valence-corrected chi connectivity index (χ4v) is 23.1. The molecule has 24 rings (SSSR count). The summed E-state index contributed by atoms with van der Waals surface area (Å²) in [6, 6.07) is 40.1. The van der Waals surface area contributed by atoms with Gasteiger partial charge in [-0.2, -0.15) is 0 Å². The van der Waals surface area contributed by atoms with E-state index >= 15 is 0 Å². The van der Waals surface area contributed by atoms with Crippen molar-refractivity contribution in [3.63, 3.8) is 0 Å². The van der Waals surface area contributed by atoms with Crippen LogP contribution in [-0.2, 0) is 38.5 Å². The van der Waals surface area contributed by atoms with Crippen LogP contribution in [0.3, 0.4) is 0 Å². The van der Waals surface area contributed by atoms with Crippen LogP contribution in [0, 0.1) is 65.1 Å². The molecule has 4 unspecified atom stereocenters. The van der Waals surface area contributed by atoms with E-state index in [1.54, 1.807) is 138 Å². The molecule has 8 bridgehead atoms. The summed E-state index contributed by atoms with van der Waals surface area (Å²) in [6.07, 6.45) is 93.6. The molecule has 4 atom stereocenters. The van der Waals surface area contributed by atoms with Gasteiger partial charge >= 0.3 is 0 Å². The molecular weight excluding hydrogens is 1450 g/mol. The average Bonchev–Trinajstić information content (AvgIpc) is 1.62. The molecule has 2 heteroatoms. The molecule has 0 amide bonds. The van der Waals surface area contributed by atoms with Gasteiger partial charge in [0.1, 0.15) is 0 Å². The maximum atomic E-state index is 4.32. The maximum Gasteiger partial charge on any atom is 0.0435 e. The van der Waals surface area contributed by atoms with E-state index in [1.807, 2.05) is 109 Å². The molecule has 0 radical (unpaired) electrons. The molecule has 13 fully saturated rings. The standard InChI is InChI=1S/C14H12.C10H18.C10H12.C9H17N.C9H11N.C9H16.C9H14.C9H10.2C7H12.C6H12.C5H8.7C2H6/c1-10-11-6-2-4-8-13(11)14-9-5-3-7-12(10)14;2*1-2-6-10-8-4-3-7-9(10)5-1;2*1-2-6-9-8(4-1)5-3-7-10-9;2*1-3-8-5-2-6-9(4-1)7-8;1-2-5-9-7-3-6-8(9)4-1;1-2-7-4-3-6(1)5-7;1-2-6-4-7(3-1)5-6;1-2-4-6-5-3-1;1-2-4-5-3-1;7*1-2/h2-10H,1H3;9-10H,1-8H2;1-2,5-6H,3-4,7-8H2;8-10H,1-7H2;3,5,7H,1-2,4,6H2;8-9H,1-7H2;1,3,8-9H,2,4-7H2;1-2,4-5H,3,6-7H2;2*6-7H,1-5H2;1-6H2;1-2H,3-5H2;7*1-2H3. The van der Waals surface area contributed by atoms with Gasteiger partial charge in [0.05, 0.1) is 0 Å². The second-order valence-electron chi connectivity index (χ2n) is 37.2. The number of benzene rings is 4. The largest absolute Gasteiger partial charge is 0.314 e. The van der Waals surface area contributed by atoms with E-state index in [9.17, 15) is 0 Å². The van der Waals surface area contributed by atoms with Gasteiger partial charge in [-0.1, -0.05) is 430 Å². The van der Waals surface area contributed by atoms with Crippen LogP contribution in [0.15, 0.2) is 140 Å². The highest BCUT2D eigenvalue weighted by Gasteiger charge is 2.34. The van der Waals surface area contributed by atoms with Crippen LogP contribution < -0.4 is 5.32 Å². The number of hydrogen-bond acceptors (Lipinski definition) is 2. The van der Waals surface area contributed by atoms with Gasteiger partial charge in [-0.15, -0.1) is 0 Å². The third-order valence-corrected chi connectivity index (χ3v) is 29.5. The van der Waals surface area contributed by atoms with Crippen LogP contribution in [0.4, 0.5) is 0 Å². The second-order valence-corrected chi connectivity index (χ2v) is 37.2. The molecule has 1 N–H and O–H groups in total. The summed E-state index contributed by atoms with van der Waals surface area (Å²) in [4.78, 5) is 4.32. The van der Waals surface area contributed by atoms with E-state index in [1.165, 1.54) is 308 Å². The molecule has 1 aromatic heterocycles. The summed E-state index contributed by atoms with van der Waals surface area (Å²) in [7, 11) is 0. The van der Waals surface area contributed by atoms with Crippen molar-refractivity contribution in [2.75, 3.05) is 6.54 Å². The minimum atomic E-state index is 0.558. The van der Waals surface area contributed by atoms with Gasteiger partial charge in [-0.25, -0.2) is 0 Å². The van der Waals surface area contributed by atoms with Gasteiger partial charge in [0.2, 0.25) is 0 Å². The first-order valence-electron chi connectivity index (χ1n) is 53.8. The fourth-order valence-electron chi connectivity index (χ4n) is 23.1. The SMILES string of the molecule is C1=CC2CCCC(C1)C2.C1=CCCC1.C1CC2CC(C1)C2.C1CC2CCC1C2.C1CC2CCCC(C1)C2.C1CCC2CCCCC2C1.C1CCC2NCCCC2C1.C1CCCCC1.CC.CC.CC.CC.CC.CC.CC.CC1c2ccccc2-c2ccccc21.c1ccc2c(c1)CCC2.c1ccc2c(c1)CCCC2.c1cnc2c(c1)CCCC2. The number of piperidine rings is 1. The highest BCUT2D eigenvalue weighted by atomic mass is 14.9. The summed E-state index contributed by atoms with van der Waals surface area (Å²) < 4.78 is 0. The predicted molar refractivity (Wildman–Crippen MR) is 537 cm³/mol. The second kappa shape index (κ2) is 68.7. The van der Waals surface area contributed by atoms with Gasteiger partial charge in [-0.3, -0.25) is 4.98 Å². The Morgan fingerprint density at radius 3 is 1.02 bits per heavy atom. The Labute approximate surface area is 748 Å². The number of nitrogens with one attached hydrogen (secondary N) is 1. The zero-order valence-corrected chi connectivity index (χ0v) is 82.0. The number of nitrogens with zero attached hydrogens (tertiary/aromatic N) is 1. The normalized spacial score (nSPS) is 26.6. The summed E-state index contributed by atoms with van der Waals surface area (Å²) in [6.45, 7) is 31.6. The number of allylic oxidation sites excluding steroid dienone is 4. The molecule has 12 saturated carbocycles. The number of hydrogen-bond donors (Lipinski definition) is 1. The predicted octanol–water partition coefficient (Wildman–Crippen LogP) is 37.2. The Kier molecular flexibility index (Phi) is 60.7. The Morgan fingerprint density at radius 1 is 0.267 bits per heavy atom. The smallest absolute Gasteiger partial charge is 0.0435 e. The third kappa shape index (κ3) is 40.0. The van der Waals surface area contributed by atoms with E-state index in [0.717, 1.165) is 47.5 Å². The minimum absolute atomic E-state index is 0.558. The first kappa shape index (κ1) is 106. The topological polar surface area (TPSA) is 24.9 Å². The summed E-state index contributed by atoms with van der Waals surface area (Å²) >= 11 is 0. The molecule has 2 nitrogen and oxygen atoms in total. The number of rotatable bonds is 0. The van der Waals surface area contributed by atoms with Gasteiger partial charge in [0.25, 0.3) is 0 Å². The first-order chi connectivity index (χ1) is 59.5.